The molecule has 1 unspecified atom stereocenters. The van der Waals surface area contributed by atoms with E-state index in [9.17, 15) is 26.7 Å². The molecule has 0 aliphatic carbocycles. The number of alkyl halides is 5. The van der Waals surface area contributed by atoms with Crippen LogP contribution in [0.15, 0.2) is 0 Å². The summed E-state index contributed by atoms with van der Waals surface area (Å²) in [4.78, 5) is 10.7. The molecule has 0 rings (SSSR count). The van der Waals surface area contributed by atoms with Gasteiger partial charge in [-0.3, -0.25) is 4.79 Å². The fraction of sp³-hybridized carbons (Fsp3) is 0.889. The second-order valence-corrected chi connectivity index (χ2v) is 3.59. The molecule has 1 nitrogen and oxygen atoms in total. The van der Waals surface area contributed by atoms with E-state index in [0.29, 0.717) is 12.8 Å². The van der Waals surface area contributed by atoms with Crippen LogP contribution < -0.4 is 0 Å². The van der Waals surface area contributed by atoms with Crippen LogP contribution in [-0.2, 0) is 4.79 Å². The van der Waals surface area contributed by atoms with Crippen molar-refractivity contribution in [1.29, 1.82) is 0 Å². The Hall–Kier alpha value is -0.680. The molecule has 0 saturated heterocycles. The lowest BCUT2D eigenvalue weighted by Gasteiger charge is -2.19. The van der Waals surface area contributed by atoms with E-state index in [4.69, 9.17) is 0 Å². The molecule has 0 aliphatic rings. The van der Waals surface area contributed by atoms with Gasteiger partial charge in [0.25, 0.3) is 0 Å². The molecule has 90 valence electrons. The van der Waals surface area contributed by atoms with E-state index in [1.807, 2.05) is 0 Å². The summed E-state index contributed by atoms with van der Waals surface area (Å²) >= 11 is 0. The fourth-order valence-electron chi connectivity index (χ4n) is 1.20. The summed E-state index contributed by atoms with van der Waals surface area (Å²) in [6.45, 7) is 3.25. The highest BCUT2D eigenvalue weighted by molar-refractivity contribution is 5.86. The van der Waals surface area contributed by atoms with E-state index in [0.717, 1.165) is 0 Å². The Bertz CT molecular complexity index is 221. The van der Waals surface area contributed by atoms with Crippen molar-refractivity contribution >= 4 is 5.78 Å². The van der Waals surface area contributed by atoms with Gasteiger partial charge in [-0.2, -0.15) is 22.0 Å². The Kier molecular flexibility index (Phi) is 4.67. The van der Waals surface area contributed by atoms with Crippen molar-refractivity contribution in [3.8, 4) is 0 Å². The van der Waals surface area contributed by atoms with Crippen LogP contribution in [-0.4, -0.2) is 17.9 Å². The van der Waals surface area contributed by atoms with Gasteiger partial charge in [-0.25, -0.2) is 0 Å². The number of hydrogen-bond donors (Lipinski definition) is 0. The zero-order valence-corrected chi connectivity index (χ0v) is 8.50. The van der Waals surface area contributed by atoms with E-state index >= 15 is 0 Å². The van der Waals surface area contributed by atoms with Gasteiger partial charge in [0.05, 0.1) is 0 Å². The maximum atomic E-state index is 12.5. The van der Waals surface area contributed by atoms with Crippen LogP contribution in [0, 0.1) is 5.92 Å². The lowest BCUT2D eigenvalue weighted by Crippen LogP contribution is -2.44. The van der Waals surface area contributed by atoms with Crippen molar-refractivity contribution in [2.75, 3.05) is 0 Å². The third-order valence-electron chi connectivity index (χ3n) is 2.02. The lowest BCUT2D eigenvalue weighted by molar-refractivity contribution is -0.269. The first-order valence-electron chi connectivity index (χ1n) is 4.60. The molecule has 0 saturated carbocycles. The summed E-state index contributed by atoms with van der Waals surface area (Å²) in [6, 6.07) is 0. The number of carbonyl (C=O) groups excluding carboxylic acids is 1. The van der Waals surface area contributed by atoms with Crippen LogP contribution in [0.2, 0.25) is 0 Å². The number of carbonyl (C=O) groups is 1. The minimum Gasteiger partial charge on any atom is -0.293 e. The molecule has 0 amide bonds. The van der Waals surface area contributed by atoms with Gasteiger partial charge >= 0.3 is 12.1 Å². The summed E-state index contributed by atoms with van der Waals surface area (Å²) in [6.07, 6.45) is -5.41. The molecule has 0 radical (unpaired) electrons. The molecular weight excluding hydrogens is 219 g/mol. The molecule has 0 heterocycles. The van der Waals surface area contributed by atoms with Crippen molar-refractivity contribution in [3.05, 3.63) is 0 Å². The smallest absolute Gasteiger partial charge is 0.293 e. The lowest BCUT2D eigenvalue weighted by atomic mass is 9.97. The quantitative estimate of drug-likeness (QED) is 0.662. The van der Waals surface area contributed by atoms with Crippen molar-refractivity contribution in [2.45, 2.75) is 45.2 Å². The first kappa shape index (κ1) is 14.3. The zero-order valence-electron chi connectivity index (χ0n) is 8.50. The van der Waals surface area contributed by atoms with Gasteiger partial charge in [0.1, 0.15) is 0 Å². The molecule has 6 heteroatoms. The number of Topliss-reactive ketones (excluding diaryl/α,β-unsaturated/α-hetero) is 1. The largest absolute Gasteiger partial charge is 0.461 e. The second kappa shape index (κ2) is 4.90. The first-order valence-corrected chi connectivity index (χ1v) is 4.60. The maximum Gasteiger partial charge on any atom is 0.461 e. The molecule has 0 aromatic carbocycles. The summed E-state index contributed by atoms with van der Waals surface area (Å²) in [7, 11) is 0. The van der Waals surface area contributed by atoms with E-state index in [1.165, 1.54) is 6.92 Å². The van der Waals surface area contributed by atoms with Gasteiger partial charge in [-0.05, 0) is 5.92 Å². The SMILES string of the molecule is CCCC(C)CC(=O)C(F)(F)C(F)(F)F. The highest BCUT2D eigenvalue weighted by Crippen LogP contribution is 2.37. The average molecular weight is 232 g/mol. The minimum atomic E-state index is -5.78. The van der Waals surface area contributed by atoms with Crippen LogP contribution in [0.5, 0.6) is 0 Å². The molecule has 0 spiro atoms. The van der Waals surface area contributed by atoms with Crippen molar-refractivity contribution < 1.29 is 26.7 Å². The Balaban J connectivity index is 4.45. The standard InChI is InChI=1S/C9H13F5O/c1-3-4-6(2)5-7(15)8(10,11)9(12,13)14/h6H,3-5H2,1-2H3. The van der Waals surface area contributed by atoms with Gasteiger partial charge < -0.3 is 0 Å². The van der Waals surface area contributed by atoms with Gasteiger partial charge in [0, 0.05) is 6.42 Å². The highest BCUT2D eigenvalue weighted by atomic mass is 19.4. The molecule has 0 aromatic rings. The molecule has 0 aliphatic heterocycles. The zero-order chi connectivity index (χ0) is 12.3. The van der Waals surface area contributed by atoms with Crippen LogP contribution in [0.3, 0.4) is 0 Å². The summed E-state index contributed by atoms with van der Waals surface area (Å²) in [5.74, 6) is -7.71. The molecular formula is C9H13F5O. The van der Waals surface area contributed by atoms with E-state index in [-0.39, 0.29) is 0 Å². The van der Waals surface area contributed by atoms with Crippen molar-refractivity contribution in [1.82, 2.24) is 0 Å². The molecule has 1 atom stereocenters. The number of hydrogen-bond acceptors (Lipinski definition) is 1. The summed E-state index contributed by atoms with van der Waals surface area (Å²) < 4.78 is 60.1. The maximum absolute atomic E-state index is 12.5. The normalized spacial score (nSPS) is 15.1. The number of ketones is 1. The predicted molar refractivity (Wildman–Crippen MR) is 44.7 cm³/mol. The molecule has 15 heavy (non-hydrogen) atoms. The number of halogens is 5. The molecule has 0 bridgehead atoms. The van der Waals surface area contributed by atoms with Gasteiger partial charge in [-0.15, -0.1) is 0 Å². The average Bonchev–Trinajstić information content (AvgIpc) is 2.02. The summed E-state index contributed by atoms with van der Waals surface area (Å²) in [5, 5.41) is 0. The predicted octanol–water partition coefficient (Wildman–Crippen LogP) is 3.58. The minimum absolute atomic E-state index is 0.448. The van der Waals surface area contributed by atoms with Gasteiger partial charge in [0.15, 0.2) is 0 Å². The van der Waals surface area contributed by atoms with Crippen LogP contribution in [0.1, 0.15) is 33.1 Å². The third kappa shape index (κ3) is 3.76. The Morgan fingerprint density at radius 2 is 1.67 bits per heavy atom. The Labute approximate surface area is 84.6 Å². The highest BCUT2D eigenvalue weighted by Gasteiger charge is 2.62. The van der Waals surface area contributed by atoms with Crippen LogP contribution in [0.4, 0.5) is 22.0 Å². The van der Waals surface area contributed by atoms with Crippen molar-refractivity contribution in [3.63, 3.8) is 0 Å². The monoisotopic (exact) mass is 232 g/mol. The van der Waals surface area contributed by atoms with Crippen LogP contribution in [0.25, 0.3) is 0 Å². The Morgan fingerprint density at radius 3 is 2.00 bits per heavy atom. The van der Waals surface area contributed by atoms with Gasteiger partial charge in [0.2, 0.25) is 5.78 Å². The topological polar surface area (TPSA) is 17.1 Å². The van der Waals surface area contributed by atoms with Crippen LogP contribution >= 0.6 is 0 Å². The van der Waals surface area contributed by atoms with Crippen molar-refractivity contribution in [2.24, 2.45) is 5.92 Å². The van der Waals surface area contributed by atoms with E-state index in [1.54, 1.807) is 6.92 Å². The summed E-state index contributed by atoms with van der Waals surface area (Å²) in [5.41, 5.74) is 0. The van der Waals surface area contributed by atoms with E-state index in [2.05, 4.69) is 0 Å². The van der Waals surface area contributed by atoms with Gasteiger partial charge in [-0.1, -0.05) is 26.7 Å². The molecule has 0 N–H and O–H groups in total. The molecule has 0 aromatic heterocycles. The number of rotatable bonds is 5. The second-order valence-electron chi connectivity index (χ2n) is 3.59. The first-order chi connectivity index (χ1) is 6.63. The fourth-order valence-corrected chi connectivity index (χ4v) is 1.20. The molecule has 0 fully saturated rings. The third-order valence-corrected chi connectivity index (χ3v) is 2.02. The Morgan fingerprint density at radius 1 is 1.20 bits per heavy atom. The van der Waals surface area contributed by atoms with E-state index < -0.39 is 30.2 Å².